The van der Waals surface area contributed by atoms with Crippen molar-refractivity contribution in [3.63, 3.8) is 0 Å². The summed E-state index contributed by atoms with van der Waals surface area (Å²) in [6.07, 6.45) is 4.16. The zero-order valence-electron chi connectivity index (χ0n) is 23.1. The lowest BCUT2D eigenvalue weighted by molar-refractivity contribution is -0.137. The van der Waals surface area contributed by atoms with Gasteiger partial charge in [-0.3, -0.25) is 4.79 Å². The van der Waals surface area contributed by atoms with Crippen LogP contribution in [0.25, 0.3) is 0 Å². The summed E-state index contributed by atoms with van der Waals surface area (Å²) in [5.74, 6) is 1.62. The van der Waals surface area contributed by atoms with E-state index < -0.39 is 5.97 Å². The molecule has 5 atom stereocenters. The number of pyridine rings is 2. The van der Waals surface area contributed by atoms with Gasteiger partial charge in [-0.1, -0.05) is 32.4 Å². The lowest BCUT2D eigenvalue weighted by Crippen LogP contribution is -2.44. The number of hydrogen-bond acceptors (Lipinski definition) is 8. The van der Waals surface area contributed by atoms with Gasteiger partial charge in [-0.2, -0.15) is 0 Å². The number of carboxylic acid groups (broad SMARTS) is 1. The quantitative estimate of drug-likeness (QED) is 0.457. The molecule has 4 rings (SSSR count). The zero-order valence-corrected chi connectivity index (χ0v) is 23.8. The van der Waals surface area contributed by atoms with Crippen molar-refractivity contribution in [3.05, 3.63) is 29.5 Å². The standard InChI is InChI=1S/C28H39ClN4O5/c1-16(2)37-25-9-20(33-15-17(3)19(5)22(33)11-27(34)35)12-31-28(25)38-24-7-8-32(14-18(24)4)23-10-26(36-6)30-13-21(23)29/h9-10,12-13,16-19,22,24H,7-8,11,14-15H2,1-6H3,(H,34,35)/t17-,18?,19+,22-,24?/m0/s1. The van der Waals surface area contributed by atoms with Crippen molar-refractivity contribution in [3.8, 4) is 17.5 Å². The Morgan fingerprint density at radius 3 is 2.58 bits per heavy atom. The van der Waals surface area contributed by atoms with E-state index in [-0.39, 0.29) is 36.5 Å². The van der Waals surface area contributed by atoms with Crippen LogP contribution >= 0.6 is 11.6 Å². The Kier molecular flexibility index (Phi) is 8.75. The fraction of sp³-hybridized carbons (Fsp3) is 0.607. The molecule has 2 aromatic rings. The molecule has 2 saturated heterocycles. The van der Waals surface area contributed by atoms with E-state index in [9.17, 15) is 9.90 Å². The highest BCUT2D eigenvalue weighted by Crippen LogP contribution is 2.39. The lowest BCUT2D eigenvalue weighted by atomic mass is 9.92. The van der Waals surface area contributed by atoms with Gasteiger partial charge in [0.25, 0.3) is 5.88 Å². The summed E-state index contributed by atoms with van der Waals surface area (Å²) in [5.41, 5.74) is 1.76. The predicted octanol–water partition coefficient (Wildman–Crippen LogP) is 5.16. The number of nitrogens with zero attached hydrogens (tertiary/aromatic N) is 4. The fourth-order valence-electron chi connectivity index (χ4n) is 5.48. The number of carboxylic acids is 1. The minimum absolute atomic E-state index is 0.0480. The average molecular weight is 547 g/mol. The minimum Gasteiger partial charge on any atom is -0.485 e. The summed E-state index contributed by atoms with van der Waals surface area (Å²) in [7, 11) is 1.59. The van der Waals surface area contributed by atoms with Crippen LogP contribution in [0.5, 0.6) is 17.5 Å². The zero-order chi connectivity index (χ0) is 27.6. The maximum absolute atomic E-state index is 11.6. The number of hydrogen-bond donors (Lipinski definition) is 1. The van der Waals surface area contributed by atoms with Crippen LogP contribution in [0.4, 0.5) is 11.4 Å². The van der Waals surface area contributed by atoms with Gasteiger partial charge in [0.1, 0.15) is 6.10 Å². The molecule has 0 aromatic carbocycles. The summed E-state index contributed by atoms with van der Waals surface area (Å²) >= 11 is 6.44. The Labute approximate surface area is 230 Å². The predicted molar refractivity (Wildman–Crippen MR) is 148 cm³/mol. The van der Waals surface area contributed by atoms with Crippen LogP contribution in [0.3, 0.4) is 0 Å². The molecule has 0 aliphatic carbocycles. The third-order valence-corrected chi connectivity index (χ3v) is 8.01. The first-order chi connectivity index (χ1) is 18.1. The van der Waals surface area contributed by atoms with Gasteiger partial charge in [-0.25, -0.2) is 9.97 Å². The molecule has 1 N–H and O–H groups in total. The molecular formula is C28H39ClN4O5. The number of carbonyl (C=O) groups is 1. The van der Waals surface area contributed by atoms with Gasteiger partial charge in [0.05, 0.1) is 48.4 Å². The number of methoxy groups -OCH3 is 1. The molecule has 2 unspecified atom stereocenters. The van der Waals surface area contributed by atoms with Gasteiger partial charge >= 0.3 is 5.97 Å². The second kappa shape index (κ2) is 11.8. The smallest absolute Gasteiger partial charge is 0.305 e. The van der Waals surface area contributed by atoms with Gasteiger partial charge in [-0.05, 0) is 25.7 Å². The van der Waals surface area contributed by atoms with Gasteiger partial charge in [0.2, 0.25) is 5.88 Å². The summed E-state index contributed by atoms with van der Waals surface area (Å²) in [6, 6.07) is 3.72. The van der Waals surface area contributed by atoms with Crippen LogP contribution in [-0.4, -0.2) is 66.0 Å². The van der Waals surface area contributed by atoms with Crippen molar-refractivity contribution in [1.29, 1.82) is 0 Å². The van der Waals surface area contributed by atoms with Crippen molar-refractivity contribution in [2.24, 2.45) is 17.8 Å². The van der Waals surface area contributed by atoms with E-state index >= 15 is 0 Å². The number of anilines is 2. The van der Waals surface area contributed by atoms with Crippen molar-refractivity contribution >= 4 is 28.9 Å². The molecule has 2 aromatic heterocycles. The number of rotatable bonds is 9. The topological polar surface area (TPSA) is 97.3 Å². The Morgan fingerprint density at radius 2 is 1.92 bits per heavy atom. The SMILES string of the molecule is COc1cc(N2CCC(Oc3ncc(N4C[C@H](C)[C@@H](C)[C@@H]4CC(=O)O)cc3OC(C)C)C(C)C2)c(Cl)cn1. The fourth-order valence-corrected chi connectivity index (χ4v) is 5.70. The molecule has 0 amide bonds. The van der Waals surface area contributed by atoms with E-state index in [1.807, 2.05) is 26.0 Å². The second-order valence-corrected chi connectivity index (χ2v) is 11.3. The lowest BCUT2D eigenvalue weighted by Gasteiger charge is -2.38. The van der Waals surface area contributed by atoms with E-state index in [1.165, 1.54) is 0 Å². The van der Waals surface area contributed by atoms with Crippen LogP contribution in [0.15, 0.2) is 24.5 Å². The molecule has 208 valence electrons. The molecule has 2 fully saturated rings. The Hall–Kier alpha value is -2.94. The summed E-state index contributed by atoms with van der Waals surface area (Å²) in [4.78, 5) is 24.8. The highest BCUT2D eigenvalue weighted by molar-refractivity contribution is 6.33. The van der Waals surface area contributed by atoms with Gasteiger partial charge in [-0.15, -0.1) is 0 Å². The van der Waals surface area contributed by atoms with Crippen molar-refractivity contribution in [2.75, 3.05) is 36.5 Å². The van der Waals surface area contributed by atoms with Crippen molar-refractivity contribution < 1.29 is 24.1 Å². The van der Waals surface area contributed by atoms with Gasteiger partial charge in [0.15, 0.2) is 5.75 Å². The number of aliphatic carboxylic acids is 1. The van der Waals surface area contributed by atoms with E-state index in [4.69, 9.17) is 25.8 Å². The molecule has 9 nitrogen and oxygen atoms in total. The largest absolute Gasteiger partial charge is 0.485 e. The minimum atomic E-state index is -0.792. The van der Waals surface area contributed by atoms with Crippen LogP contribution in [-0.2, 0) is 4.79 Å². The maximum atomic E-state index is 11.6. The van der Waals surface area contributed by atoms with Crippen LogP contribution in [0.2, 0.25) is 5.02 Å². The van der Waals surface area contributed by atoms with Crippen molar-refractivity contribution in [1.82, 2.24) is 9.97 Å². The molecule has 10 heteroatoms. The number of ether oxygens (including phenoxy) is 3. The Bertz CT molecular complexity index is 1130. The third kappa shape index (κ3) is 6.20. The normalized spacial score (nSPS) is 25.5. The first-order valence-electron chi connectivity index (χ1n) is 13.3. The van der Waals surface area contributed by atoms with Crippen LogP contribution in [0.1, 0.15) is 47.5 Å². The molecule has 0 saturated carbocycles. The first kappa shape index (κ1) is 28.1. The molecule has 4 heterocycles. The van der Waals surface area contributed by atoms with Crippen LogP contribution < -0.4 is 24.0 Å². The van der Waals surface area contributed by atoms with Gasteiger partial charge in [0, 0.05) is 50.1 Å². The molecule has 2 aliphatic rings. The summed E-state index contributed by atoms with van der Waals surface area (Å²) in [6.45, 7) is 12.7. The maximum Gasteiger partial charge on any atom is 0.305 e. The number of halogens is 1. The van der Waals surface area contributed by atoms with E-state index in [1.54, 1.807) is 19.5 Å². The van der Waals surface area contributed by atoms with Gasteiger partial charge < -0.3 is 29.1 Å². The molecule has 0 spiro atoms. The van der Waals surface area contributed by atoms with Crippen molar-refractivity contribution in [2.45, 2.75) is 65.7 Å². The van der Waals surface area contributed by atoms with E-state index in [0.29, 0.717) is 28.5 Å². The molecule has 2 aliphatic heterocycles. The Balaban J connectivity index is 1.52. The highest BCUT2D eigenvalue weighted by atomic mass is 35.5. The highest BCUT2D eigenvalue weighted by Gasteiger charge is 2.38. The monoisotopic (exact) mass is 546 g/mol. The molecule has 38 heavy (non-hydrogen) atoms. The summed E-state index contributed by atoms with van der Waals surface area (Å²) < 4.78 is 17.9. The second-order valence-electron chi connectivity index (χ2n) is 10.9. The van der Waals surface area contributed by atoms with E-state index in [0.717, 1.165) is 37.4 Å². The number of piperidine rings is 1. The number of aromatic nitrogens is 2. The first-order valence-corrected chi connectivity index (χ1v) is 13.7. The van der Waals surface area contributed by atoms with Crippen LogP contribution in [0, 0.1) is 17.8 Å². The molecule has 0 bridgehead atoms. The average Bonchev–Trinajstić information content (AvgIpc) is 3.14. The summed E-state index contributed by atoms with van der Waals surface area (Å²) in [5, 5.41) is 10.1. The van der Waals surface area contributed by atoms with E-state index in [2.05, 4.69) is 40.5 Å². The molecular weight excluding hydrogens is 508 g/mol. The molecule has 0 radical (unpaired) electrons. The Morgan fingerprint density at radius 1 is 1.16 bits per heavy atom. The third-order valence-electron chi connectivity index (χ3n) is 7.72.